The van der Waals surface area contributed by atoms with Crippen LogP contribution in [0.5, 0.6) is 0 Å². The second-order valence-electron chi connectivity index (χ2n) is 5.01. The molecule has 1 heterocycles. The van der Waals surface area contributed by atoms with Crippen LogP contribution in [0.1, 0.15) is 20.3 Å². The highest BCUT2D eigenvalue weighted by Gasteiger charge is 2.68. The van der Waals surface area contributed by atoms with Crippen LogP contribution in [0, 0.1) is 5.41 Å². The molecule has 2 aliphatic rings. The van der Waals surface area contributed by atoms with Crippen LogP contribution in [0.2, 0.25) is 0 Å². The number of amides is 2. The van der Waals surface area contributed by atoms with E-state index in [9.17, 15) is 9.59 Å². The molecule has 2 amide bonds. The summed E-state index contributed by atoms with van der Waals surface area (Å²) in [6.07, 6.45) is 0.509. The summed E-state index contributed by atoms with van der Waals surface area (Å²) in [5.41, 5.74) is -0.644. The van der Waals surface area contributed by atoms with Gasteiger partial charge in [0.2, 0.25) is 11.8 Å². The maximum atomic E-state index is 12.2. The van der Waals surface area contributed by atoms with Gasteiger partial charge in [-0.05, 0) is 13.3 Å². The lowest BCUT2D eigenvalue weighted by Crippen LogP contribution is -2.52. The van der Waals surface area contributed by atoms with Crippen molar-refractivity contribution in [1.29, 1.82) is 0 Å². The van der Waals surface area contributed by atoms with Crippen molar-refractivity contribution in [1.82, 2.24) is 9.80 Å². The van der Waals surface area contributed by atoms with E-state index in [1.807, 2.05) is 0 Å². The first-order valence-corrected chi connectivity index (χ1v) is 6.46. The molecule has 0 bridgehead atoms. The monoisotopic (exact) mass is 278 g/mol. The Kier molecular flexibility index (Phi) is 3.07. The maximum absolute atomic E-state index is 12.2. The highest BCUT2D eigenvalue weighted by atomic mass is 35.5. The van der Waals surface area contributed by atoms with Crippen LogP contribution in [0.25, 0.3) is 0 Å². The number of piperazine rings is 1. The van der Waals surface area contributed by atoms with E-state index in [-0.39, 0.29) is 11.8 Å². The Labute approximate surface area is 111 Å². The fourth-order valence-electron chi connectivity index (χ4n) is 2.21. The van der Waals surface area contributed by atoms with Crippen molar-refractivity contribution in [3.8, 4) is 0 Å². The molecule has 4 nitrogen and oxygen atoms in total. The van der Waals surface area contributed by atoms with Crippen molar-refractivity contribution in [3.63, 3.8) is 0 Å². The van der Waals surface area contributed by atoms with E-state index >= 15 is 0 Å². The van der Waals surface area contributed by atoms with E-state index in [0.717, 1.165) is 0 Å². The van der Waals surface area contributed by atoms with Gasteiger partial charge in [0, 0.05) is 33.1 Å². The molecule has 2 rings (SSSR count). The topological polar surface area (TPSA) is 40.6 Å². The van der Waals surface area contributed by atoms with E-state index in [0.29, 0.717) is 32.6 Å². The molecule has 1 saturated heterocycles. The Hall–Kier alpha value is -0.480. The second-order valence-corrected chi connectivity index (χ2v) is 6.50. The fraction of sp³-hybridized carbons (Fsp3) is 0.818. The summed E-state index contributed by atoms with van der Waals surface area (Å²) < 4.78 is -0.915. The molecule has 96 valence electrons. The van der Waals surface area contributed by atoms with E-state index in [4.69, 9.17) is 23.2 Å². The molecule has 0 aromatic rings. The first-order chi connectivity index (χ1) is 7.78. The standard InChI is InChI=1S/C11H16Cl2N2O2/c1-8(16)14-3-5-15(6-4-14)9(17)10(2)7-11(10,12)13/h3-7H2,1-2H3. The Balaban J connectivity index is 1.94. The lowest BCUT2D eigenvalue weighted by atomic mass is 10.1. The number of halogens is 2. The molecule has 1 unspecified atom stereocenters. The highest BCUT2D eigenvalue weighted by molar-refractivity contribution is 6.53. The smallest absolute Gasteiger partial charge is 0.231 e. The van der Waals surface area contributed by atoms with Crippen LogP contribution in [0.4, 0.5) is 0 Å². The Morgan fingerprint density at radius 2 is 1.47 bits per heavy atom. The molecule has 1 atom stereocenters. The van der Waals surface area contributed by atoms with E-state index in [1.54, 1.807) is 23.6 Å². The lowest BCUT2D eigenvalue weighted by molar-refractivity contribution is -0.142. The first kappa shape index (κ1) is 13.0. The van der Waals surface area contributed by atoms with Gasteiger partial charge in [0.1, 0.15) is 4.33 Å². The Morgan fingerprint density at radius 3 is 1.82 bits per heavy atom. The van der Waals surface area contributed by atoms with Crippen LogP contribution in [0.15, 0.2) is 0 Å². The number of nitrogens with zero attached hydrogens (tertiary/aromatic N) is 2. The maximum Gasteiger partial charge on any atom is 0.231 e. The molecule has 6 heteroatoms. The number of hydrogen-bond acceptors (Lipinski definition) is 2. The molecule has 0 radical (unpaired) electrons. The van der Waals surface area contributed by atoms with Gasteiger partial charge in [-0.1, -0.05) is 0 Å². The zero-order valence-electron chi connectivity index (χ0n) is 10.0. The average Bonchev–Trinajstić information content (AvgIpc) is 2.78. The lowest BCUT2D eigenvalue weighted by Gasteiger charge is -2.35. The largest absolute Gasteiger partial charge is 0.339 e. The van der Waals surface area contributed by atoms with Crippen molar-refractivity contribution in [2.75, 3.05) is 26.2 Å². The minimum atomic E-state index is -0.915. The zero-order chi connectivity index (χ0) is 12.8. The molecular weight excluding hydrogens is 263 g/mol. The quantitative estimate of drug-likeness (QED) is 0.678. The summed E-state index contributed by atoms with van der Waals surface area (Å²) in [5, 5.41) is 0. The molecule has 1 aliphatic carbocycles. The van der Waals surface area contributed by atoms with Crippen molar-refractivity contribution in [3.05, 3.63) is 0 Å². The van der Waals surface area contributed by atoms with Gasteiger partial charge in [0.15, 0.2) is 0 Å². The van der Waals surface area contributed by atoms with Gasteiger partial charge in [-0.3, -0.25) is 9.59 Å². The van der Waals surface area contributed by atoms with Crippen molar-refractivity contribution in [2.45, 2.75) is 24.6 Å². The molecular formula is C11H16Cl2N2O2. The van der Waals surface area contributed by atoms with Gasteiger partial charge in [-0.2, -0.15) is 0 Å². The summed E-state index contributed by atoms with van der Waals surface area (Å²) in [7, 11) is 0. The van der Waals surface area contributed by atoms with Gasteiger partial charge in [0.05, 0.1) is 5.41 Å². The molecule has 0 spiro atoms. The number of carbonyl (C=O) groups excluding carboxylic acids is 2. The molecule has 0 aromatic carbocycles. The van der Waals surface area contributed by atoms with Crippen LogP contribution in [-0.2, 0) is 9.59 Å². The first-order valence-electron chi connectivity index (χ1n) is 5.71. The van der Waals surface area contributed by atoms with Crippen LogP contribution >= 0.6 is 23.2 Å². The third-order valence-electron chi connectivity index (χ3n) is 3.74. The van der Waals surface area contributed by atoms with Crippen LogP contribution in [-0.4, -0.2) is 52.1 Å². The van der Waals surface area contributed by atoms with Gasteiger partial charge < -0.3 is 9.80 Å². The summed E-state index contributed by atoms with van der Waals surface area (Å²) >= 11 is 12.0. The minimum absolute atomic E-state index is 0.00528. The zero-order valence-corrected chi connectivity index (χ0v) is 11.5. The Morgan fingerprint density at radius 1 is 1.06 bits per heavy atom. The molecule has 0 N–H and O–H groups in total. The molecule has 1 aliphatic heterocycles. The molecule has 17 heavy (non-hydrogen) atoms. The summed E-state index contributed by atoms with van der Waals surface area (Å²) in [6.45, 7) is 5.66. The third kappa shape index (κ3) is 2.13. The fourth-order valence-corrected chi connectivity index (χ4v) is 2.90. The van der Waals surface area contributed by atoms with Crippen molar-refractivity contribution in [2.24, 2.45) is 5.41 Å². The number of alkyl halides is 2. The summed E-state index contributed by atoms with van der Waals surface area (Å²) in [5.74, 6) is 0.0597. The van der Waals surface area contributed by atoms with Gasteiger partial charge in [0.25, 0.3) is 0 Å². The second kappa shape index (κ2) is 4.02. The van der Waals surface area contributed by atoms with Crippen LogP contribution < -0.4 is 0 Å². The van der Waals surface area contributed by atoms with E-state index in [2.05, 4.69) is 0 Å². The SMILES string of the molecule is CC(=O)N1CCN(C(=O)C2(C)CC2(Cl)Cl)CC1. The van der Waals surface area contributed by atoms with Gasteiger partial charge in [-0.15, -0.1) is 23.2 Å². The predicted molar refractivity (Wildman–Crippen MR) is 66.0 cm³/mol. The van der Waals surface area contributed by atoms with Crippen molar-refractivity contribution >= 4 is 35.0 Å². The number of carbonyl (C=O) groups is 2. The average molecular weight is 279 g/mol. The molecule has 0 aromatic heterocycles. The van der Waals surface area contributed by atoms with Gasteiger partial charge in [-0.25, -0.2) is 0 Å². The molecule has 1 saturated carbocycles. The van der Waals surface area contributed by atoms with E-state index < -0.39 is 9.75 Å². The van der Waals surface area contributed by atoms with Crippen molar-refractivity contribution < 1.29 is 9.59 Å². The number of hydrogen-bond donors (Lipinski definition) is 0. The Bertz CT molecular complexity index is 364. The van der Waals surface area contributed by atoms with Gasteiger partial charge >= 0.3 is 0 Å². The highest BCUT2D eigenvalue weighted by Crippen LogP contribution is 2.64. The number of rotatable bonds is 1. The normalized spacial score (nSPS) is 31.3. The third-order valence-corrected chi connectivity index (χ3v) is 4.84. The summed E-state index contributed by atoms with van der Waals surface area (Å²) in [6, 6.07) is 0. The molecule has 2 fully saturated rings. The summed E-state index contributed by atoms with van der Waals surface area (Å²) in [4.78, 5) is 26.9. The minimum Gasteiger partial charge on any atom is -0.339 e. The van der Waals surface area contributed by atoms with Crippen LogP contribution in [0.3, 0.4) is 0 Å². The van der Waals surface area contributed by atoms with E-state index in [1.165, 1.54) is 0 Å². The predicted octanol–water partition coefficient (Wildman–Crippen LogP) is 1.26.